The number of amides is 1. The van der Waals surface area contributed by atoms with Crippen LogP contribution < -0.4 is 5.32 Å². The molecular formula is C39H77NO3. The topological polar surface area (TPSA) is 69.6 Å². The van der Waals surface area contributed by atoms with Crippen molar-refractivity contribution in [3.63, 3.8) is 0 Å². The van der Waals surface area contributed by atoms with E-state index in [4.69, 9.17) is 0 Å². The zero-order valence-electron chi connectivity index (χ0n) is 29.2. The fourth-order valence-electron chi connectivity index (χ4n) is 6.00. The van der Waals surface area contributed by atoms with Crippen molar-refractivity contribution in [3.05, 3.63) is 12.2 Å². The van der Waals surface area contributed by atoms with Crippen molar-refractivity contribution in [2.24, 2.45) is 0 Å². The number of hydrogen-bond donors (Lipinski definition) is 3. The molecule has 43 heavy (non-hydrogen) atoms. The quantitative estimate of drug-likeness (QED) is 0.0496. The maximum absolute atomic E-state index is 12.3. The smallest absolute Gasteiger partial charge is 0.220 e. The van der Waals surface area contributed by atoms with Gasteiger partial charge >= 0.3 is 0 Å². The third kappa shape index (κ3) is 32.3. The minimum Gasteiger partial charge on any atom is -0.394 e. The van der Waals surface area contributed by atoms with Gasteiger partial charge in [-0.1, -0.05) is 199 Å². The average molecular weight is 608 g/mol. The molecule has 0 aliphatic carbocycles. The summed E-state index contributed by atoms with van der Waals surface area (Å²) in [5.41, 5.74) is 0. The maximum Gasteiger partial charge on any atom is 0.220 e. The molecule has 0 heterocycles. The molecule has 0 bridgehead atoms. The van der Waals surface area contributed by atoms with E-state index in [2.05, 4.69) is 19.2 Å². The van der Waals surface area contributed by atoms with E-state index >= 15 is 0 Å². The van der Waals surface area contributed by atoms with Gasteiger partial charge in [-0.15, -0.1) is 0 Å². The number of aliphatic hydroxyl groups is 2. The zero-order chi connectivity index (χ0) is 31.5. The molecule has 0 rings (SSSR count). The lowest BCUT2D eigenvalue weighted by Crippen LogP contribution is -2.45. The van der Waals surface area contributed by atoms with Crippen molar-refractivity contribution >= 4 is 5.91 Å². The van der Waals surface area contributed by atoms with E-state index in [1.807, 2.05) is 6.08 Å². The van der Waals surface area contributed by atoms with Gasteiger partial charge in [0.25, 0.3) is 0 Å². The van der Waals surface area contributed by atoms with E-state index in [1.165, 1.54) is 167 Å². The summed E-state index contributed by atoms with van der Waals surface area (Å²) in [4.78, 5) is 12.3. The average Bonchev–Trinajstić information content (AvgIpc) is 3.01. The van der Waals surface area contributed by atoms with Crippen LogP contribution >= 0.6 is 0 Å². The van der Waals surface area contributed by atoms with Crippen LogP contribution in [-0.4, -0.2) is 34.9 Å². The Morgan fingerprint density at radius 3 is 1.21 bits per heavy atom. The normalized spacial score (nSPS) is 13.1. The van der Waals surface area contributed by atoms with E-state index in [9.17, 15) is 15.0 Å². The summed E-state index contributed by atoms with van der Waals surface area (Å²) in [6.07, 6.45) is 43.0. The van der Waals surface area contributed by atoms with E-state index in [-0.39, 0.29) is 12.5 Å². The molecule has 1 amide bonds. The first-order valence-corrected chi connectivity index (χ1v) is 19.4. The molecule has 0 aromatic rings. The monoisotopic (exact) mass is 608 g/mol. The highest BCUT2D eigenvalue weighted by molar-refractivity contribution is 5.76. The molecule has 0 spiro atoms. The molecule has 4 nitrogen and oxygen atoms in total. The lowest BCUT2D eigenvalue weighted by molar-refractivity contribution is -0.123. The number of allylic oxidation sites excluding steroid dienone is 1. The fourth-order valence-corrected chi connectivity index (χ4v) is 6.00. The van der Waals surface area contributed by atoms with Gasteiger partial charge in [0, 0.05) is 6.42 Å². The Bertz CT molecular complexity index is 579. The molecule has 2 atom stereocenters. The van der Waals surface area contributed by atoms with Crippen molar-refractivity contribution in [2.75, 3.05) is 6.61 Å². The third-order valence-electron chi connectivity index (χ3n) is 9.02. The molecule has 0 aromatic heterocycles. The Kier molecular flexibility index (Phi) is 34.9. The Balaban J connectivity index is 3.57. The number of unbranched alkanes of at least 4 members (excludes halogenated alkanes) is 28. The molecule has 3 N–H and O–H groups in total. The molecule has 0 saturated carbocycles. The Labute approximate surface area is 269 Å². The first kappa shape index (κ1) is 42.1. The van der Waals surface area contributed by atoms with Gasteiger partial charge < -0.3 is 15.5 Å². The number of carbonyl (C=O) groups excluding carboxylic acids is 1. The van der Waals surface area contributed by atoms with Crippen LogP contribution in [-0.2, 0) is 4.79 Å². The highest BCUT2D eigenvalue weighted by Crippen LogP contribution is 2.15. The van der Waals surface area contributed by atoms with Gasteiger partial charge in [-0.05, 0) is 19.3 Å². The number of aliphatic hydroxyl groups excluding tert-OH is 2. The van der Waals surface area contributed by atoms with Crippen molar-refractivity contribution in [3.8, 4) is 0 Å². The summed E-state index contributed by atoms with van der Waals surface area (Å²) in [5, 5.41) is 22.9. The van der Waals surface area contributed by atoms with Gasteiger partial charge in [-0.3, -0.25) is 4.79 Å². The molecule has 0 radical (unpaired) electrons. The number of rotatable bonds is 35. The minimum absolute atomic E-state index is 0.0616. The second-order valence-corrected chi connectivity index (χ2v) is 13.4. The van der Waals surface area contributed by atoms with Crippen LogP contribution in [0.25, 0.3) is 0 Å². The molecule has 0 fully saturated rings. The second kappa shape index (κ2) is 35.6. The van der Waals surface area contributed by atoms with Gasteiger partial charge in [0.15, 0.2) is 0 Å². The first-order valence-electron chi connectivity index (χ1n) is 19.4. The molecule has 0 aromatic carbocycles. The van der Waals surface area contributed by atoms with Gasteiger partial charge in [0.05, 0.1) is 18.8 Å². The number of nitrogens with one attached hydrogen (secondary N) is 1. The zero-order valence-corrected chi connectivity index (χ0v) is 29.2. The molecule has 0 aliphatic heterocycles. The van der Waals surface area contributed by atoms with E-state index in [0.29, 0.717) is 6.42 Å². The lowest BCUT2D eigenvalue weighted by Gasteiger charge is -2.20. The summed E-state index contributed by atoms with van der Waals surface area (Å²) in [5.74, 6) is -0.0616. The first-order chi connectivity index (χ1) is 21.2. The summed E-state index contributed by atoms with van der Waals surface area (Å²) in [6.45, 7) is 4.31. The van der Waals surface area contributed by atoms with Crippen LogP contribution in [0.4, 0.5) is 0 Å². The van der Waals surface area contributed by atoms with Gasteiger partial charge in [-0.25, -0.2) is 0 Å². The van der Waals surface area contributed by atoms with E-state index in [0.717, 1.165) is 25.7 Å². The van der Waals surface area contributed by atoms with Gasteiger partial charge in [0.1, 0.15) is 0 Å². The summed E-state index contributed by atoms with van der Waals surface area (Å²) < 4.78 is 0. The minimum atomic E-state index is -0.832. The van der Waals surface area contributed by atoms with Crippen molar-refractivity contribution < 1.29 is 15.0 Å². The Morgan fingerprint density at radius 1 is 0.535 bits per heavy atom. The van der Waals surface area contributed by atoms with E-state index in [1.54, 1.807) is 6.08 Å². The number of hydrogen-bond acceptors (Lipinski definition) is 3. The Hall–Kier alpha value is -0.870. The van der Waals surface area contributed by atoms with Crippen LogP contribution in [0.2, 0.25) is 0 Å². The molecule has 0 aliphatic rings. The van der Waals surface area contributed by atoms with Gasteiger partial charge in [-0.2, -0.15) is 0 Å². The molecule has 0 unspecified atom stereocenters. The maximum atomic E-state index is 12.3. The van der Waals surface area contributed by atoms with Crippen LogP contribution in [0.1, 0.15) is 213 Å². The summed E-state index contributed by atoms with van der Waals surface area (Å²) >= 11 is 0. The highest BCUT2D eigenvalue weighted by Gasteiger charge is 2.17. The SMILES string of the molecule is CCCCCCCCCCCCCC/C=C/[C@@H](O)[C@H](CO)NC(=O)CCCCCCCCCCCCCCCCCCC. The lowest BCUT2D eigenvalue weighted by atomic mass is 10.0. The standard InChI is InChI=1S/C39H77NO3/c1-3-5-7-9-11-13-15-17-19-20-21-23-25-27-29-31-33-35-39(43)40-37(36-41)38(42)34-32-30-28-26-24-22-18-16-14-12-10-8-6-4-2/h32,34,37-38,41-42H,3-31,33,35-36H2,1-2H3,(H,40,43)/b34-32+/t37-,38+/m0/s1. The number of carbonyl (C=O) groups is 1. The third-order valence-corrected chi connectivity index (χ3v) is 9.02. The predicted octanol–water partition coefficient (Wildman–Crippen LogP) is 11.5. The Morgan fingerprint density at radius 2 is 0.860 bits per heavy atom. The summed E-state index contributed by atoms with van der Waals surface area (Å²) in [6, 6.07) is -0.614. The van der Waals surface area contributed by atoms with Crippen LogP contribution in [0.3, 0.4) is 0 Å². The molecule has 4 heteroatoms. The fraction of sp³-hybridized carbons (Fsp3) is 0.923. The second-order valence-electron chi connectivity index (χ2n) is 13.4. The molecule has 256 valence electrons. The van der Waals surface area contributed by atoms with Crippen molar-refractivity contribution in [1.29, 1.82) is 0 Å². The molecule has 0 saturated heterocycles. The van der Waals surface area contributed by atoms with Crippen LogP contribution in [0, 0.1) is 0 Å². The largest absolute Gasteiger partial charge is 0.394 e. The van der Waals surface area contributed by atoms with Crippen molar-refractivity contribution in [1.82, 2.24) is 5.32 Å². The van der Waals surface area contributed by atoms with Crippen LogP contribution in [0.15, 0.2) is 12.2 Å². The summed E-state index contributed by atoms with van der Waals surface area (Å²) in [7, 11) is 0. The highest BCUT2D eigenvalue weighted by atomic mass is 16.3. The predicted molar refractivity (Wildman–Crippen MR) is 189 cm³/mol. The van der Waals surface area contributed by atoms with Crippen LogP contribution in [0.5, 0.6) is 0 Å². The van der Waals surface area contributed by atoms with Crippen molar-refractivity contribution in [2.45, 2.75) is 225 Å². The van der Waals surface area contributed by atoms with E-state index < -0.39 is 12.1 Å². The molecular weight excluding hydrogens is 530 g/mol. The van der Waals surface area contributed by atoms with Gasteiger partial charge in [0.2, 0.25) is 5.91 Å².